The van der Waals surface area contributed by atoms with Crippen LogP contribution < -0.4 is 14.9 Å². The molecule has 0 aliphatic rings. The van der Waals surface area contributed by atoms with E-state index in [0.29, 0.717) is 18.1 Å². The van der Waals surface area contributed by atoms with Gasteiger partial charge < -0.3 is 9.47 Å². The minimum atomic E-state index is -0.275. The number of nitrogens with zero attached hydrogens (tertiary/aromatic N) is 3. The highest BCUT2D eigenvalue weighted by Crippen LogP contribution is 2.36. The lowest BCUT2D eigenvalue weighted by Crippen LogP contribution is -2.24. The number of amides is 1. The number of methoxy groups -OCH3 is 1. The predicted octanol–water partition coefficient (Wildman–Crippen LogP) is 5.07. The van der Waals surface area contributed by atoms with Crippen molar-refractivity contribution in [1.29, 1.82) is 0 Å². The van der Waals surface area contributed by atoms with E-state index in [2.05, 4.69) is 47.5 Å². The number of carbonyl (C=O) groups excluding carboxylic acids is 1. The normalized spacial score (nSPS) is 11.1. The Bertz CT molecular complexity index is 1140. The molecule has 168 valence electrons. The van der Waals surface area contributed by atoms with Gasteiger partial charge in [0.2, 0.25) is 0 Å². The first-order valence-corrected chi connectivity index (χ1v) is 11.4. The molecule has 0 bridgehead atoms. The number of aromatic nitrogens is 2. The van der Waals surface area contributed by atoms with Crippen LogP contribution in [0.25, 0.3) is 0 Å². The minimum absolute atomic E-state index is 0.0778. The molecule has 0 saturated heterocycles. The predicted molar refractivity (Wildman–Crippen MR) is 131 cm³/mol. The molecule has 32 heavy (non-hydrogen) atoms. The molecule has 3 aromatic rings. The van der Waals surface area contributed by atoms with E-state index < -0.39 is 0 Å². The molecule has 0 unspecified atom stereocenters. The van der Waals surface area contributed by atoms with Gasteiger partial charge in [-0.1, -0.05) is 29.8 Å². The van der Waals surface area contributed by atoms with Gasteiger partial charge in [0.05, 0.1) is 33.7 Å². The van der Waals surface area contributed by atoms with E-state index >= 15 is 0 Å². The van der Waals surface area contributed by atoms with Crippen molar-refractivity contribution in [2.45, 2.75) is 33.9 Å². The maximum Gasteiger partial charge on any atom is 0.261 e. The van der Waals surface area contributed by atoms with E-state index in [-0.39, 0.29) is 12.5 Å². The second-order valence-corrected chi connectivity index (χ2v) is 8.89. The number of halogens is 2. The smallest absolute Gasteiger partial charge is 0.261 e. The number of hydrogen-bond donors (Lipinski definition) is 1. The van der Waals surface area contributed by atoms with Crippen LogP contribution >= 0.6 is 31.9 Å². The number of hydrazone groups is 1. The monoisotopic (exact) mass is 562 g/mol. The number of carbonyl (C=O) groups is 1. The quantitative estimate of drug-likeness (QED) is 0.306. The largest absolute Gasteiger partial charge is 0.493 e. The van der Waals surface area contributed by atoms with E-state index in [1.807, 2.05) is 51.1 Å². The van der Waals surface area contributed by atoms with Gasteiger partial charge in [-0.15, -0.1) is 0 Å². The zero-order chi connectivity index (χ0) is 23.3. The number of rotatable bonds is 8. The fourth-order valence-electron chi connectivity index (χ4n) is 2.97. The number of nitrogens with one attached hydrogen (secondary N) is 1. The van der Waals surface area contributed by atoms with Crippen LogP contribution in [-0.4, -0.2) is 29.0 Å². The van der Waals surface area contributed by atoms with Gasteiger partial charge in [-0.2, -0.15) is 10.2 Å². The lowest BCUT2D eigenvalue weighted by atomic mass is 10.2. The van der Waals surface area contributed by atoms with Crippen LogP contribution in [0.15, 0.2) is 50.4 Å². The lowest BCUT2D eigenvalue weighted by Gasteiger charge is -2.13. The Morgan fingerprint density at radius 2 is 1.91 bits per heavy atom. The number of benzene rings is 2. The molecule has 3 rings (SSSR count). The van der Waals surface area contributed by atoms with Crippen molar-refractivity contribution < 1.29 is 14.3 Å². The number of ether oxygens (including phenoxy) is 2. The van der Waals surface area contributed by atoms with E-state index in [4.69, 9.17) is 9.47 Å². The van der Waals surface area contributed by atoms with Crippen molar-refractivity contribution in [3.05, 3.63) is 73.4 Å². The Hall–Kier alpha value is -2.65. The van der Waals surface area contributed by atoms with Crippen molar-refractivity contribution in [2.24, 2.45) is 5.10 Å². The summed E-state index contributed by atoms with van der Waals surface area (Å²) >= 11 is 6.99. The fourth-order valence-corrected chi connectivity index (χ4v) is 3.83. The summed E-state index contributed by atoms with van der Waals surface area (Å²) in [5.74, 6) is 0.888. The molecule has 1 heterocycles. The first kappa shape index (κ1) is 24.0. The van der Waals surface area contributed by atoms with Gasteiger partial charge >= 0.3 is 0 Å². The van der Waals surface area contributed by atoms with Gasteiger partial charge in [-0.05, 0) is 75.9 Å². The topological polar surface area (TPSA) is 77.7 Å². The summed E-state index contributed by atoms with van der Waals surface area (Å²) in [7, 11) is 1.58. The molecule has 1 N–H and O–H groups in total. The molecular weight excluding hydrogens is 540 g/mol. The Morgan fingerprint density at radius 3 is 2.53 bits per heavy atom. The summed E-state index contributed by atoms with van der Waals surface area (Å²) in [6.07, 6.45) is 1.55. The Labute approximate surface area is 204 Å². The molecule has 2 aromatic carbocycles. The van der Waals surface area contributed by atoms with Crippen molar-refractivity contribution in [3.63, 3.8) is 0 Å². The van der Waals surface area contributed by atoms with Crippen molar-refractivity contribution in [3.8, 4) is 11.5 Å². The molecule has 0 fully saturated rings. The lowest BCUT2D eigenvalue weighted by molar-refractivity contribution is -0.121. The second kappa shape index (κ2) is 10.8. The van der Waals surface area contributed by atoms with E-state index in [0.717, 1.165) is 31.5 Å². The molecule has 7 nitrogen and oxygen atoms in total. The highest BCUT2D eigenvalue weighted by Gasteiger charge is 2.13. The Morgan fingerprint density at radius 1 is 1.19 bits per heavy atom. The van der Waals surface area contributed by atoms with Crippen molar-refractivity contribution in [1.82, 2.24) is 15.2 Å². The van der Waals surface area contributed by atoms with Gasteiger partial charge in [0, 0.05) is 0 Å². The van der Waals surface area contributed by atoms with Gasteiger partial charge in [0.15, 0.2) is 11.5 Å². The highest BCUT2D eigenvalue weighted by molar-refractivity contribution is 9.10. The zero-order valence-corrected chi connectivity index (χ0v) is 21.4. The summed E-state index contributed by atoms with van der Waals surface area (Å²) in [4.78, 5) is 12.2. The molecule has 1 amide bonds. The van der Waals surface area contributed by atoms with Gasteiger partial charge in [0.1, 0.15) is 13.2 Å². The maximum absolute atomic E-state index is 12.2. The Balaban J connectivity index is 1.64. The van der Waals surface area contributed by atoms with Crippen molar-refractivity contribution >= 4 is 44.0 Å². The third kappa shape index (κ3) is 5.98. The number of hydrogen-bond acceptors (Lipinski definition) is 5. The summed E-state index contributed by atoms with van der Waals surface area (Å²) in [5, 5.41) is 8.37. The molecular formula is C23H24Br2N4O3. The summed E-state index contributed by atoms with van der Waals surface area (Å²) in [5.41, 5.74) is 7.25. The SMILES string of the molecule is COc1cc(/C=N/NC(=O)Cn2nc(C)c(Br)c2C)cc(Br)c1OCc1ccc(C)cc1. The van der Waals surface area contributed by atoms with E-state index in [9.17, 15) is 4.79 Å². The van der Waals surface area contributed by atoms with Crippen LogP contribution in [-0.2, 0) is 17.9 Å². The summed E-state index contributed by atoms with van der Waals surface area (Å²) in [6.45, 7) is 6.32. The summed E-state index contributed by atoms with van der Waals surface area (Å²) < 4.78 is 14.7. The summed E-state index contributed by atoms with van der Waals surface area (Å²) in [6, 6.07) is 11.8. The maximum atomic E-state index is 12.2. The molecule has 0 spiro atoms. The average molecular weight is 564 g/mol. The molecule has 0 radical (unpaired) electrons. The minimum Gasteiger partial charge on any atom is -0.493 e. The first-order valence-electron chi connectivity index (χ1n) is 9.85. The van der Waals surface area contributed by atoms with Gasteiger partial charge in [0.25, 0.3) is 5.91 Å². The molecule has 1 aromatic heterocycles. The van der Waals surface area contributed by atoms with Crippen molar-refractivity contribution in [2.75, 3.05) is 7.11 Å². The standard InChI is InChI=1S/C23H24Br2N4O3/c1-14-5-7-17(8-6-14)13-32-23-19(24)9-18(10-20(23)31-4)11-26-27-21(30)12-29-16(3)22(25)15(2)28-29/h5-11H,12-13H2,1-4H3,(H,27,30)/b26-11+. The van der Waals surface area contributed by atoms with Gasteiger partial charge in [-0.3, -0.25) is 9.48 Å². The van der Waals surface area contributed by atoms with Crippen LogP contribution in [0.4, 0.5) is 0 Å². The molecule has 9 heteroatoms. The first-order chi connectivity index (χ1) is 15.3. The third-order valence-electron chi connectivity index (χ3n) is 4.74. The third-order valence-corrected chi connectivity index (χ3v) is 6.48. The van der Waals surface area contributed by atoms with Crippen LogP contribution in [0, 0.1) is 20.8 Å². The highest BCUT2D eigenvalue weighted by atomic mass is 79.9. The van der Waals surface area contributed by atoms with Gasteiger partial charge in [-0.25, -0.2) is 5.43 Å². The zero-order valence-electron chi connectivity index (χ0n) is 18.3. The average Bonchev–Trinajstić information content (AvgIpc) is 3.00. The number of aryl methyl sites for hydroxylation is 2. The Kier molecular flexibility index (Phi) is 8.09. The molecule has 0 saturated carbocycles. The van der Waals surface area contributed by atoms with Crippen LogP contribution in [0.2, 0.25) is 0 Å². The van der Waals surface area contributed by atoms with Crippen LogP contribution in [0.1, 0.15) is 28.1 Å². The molecule has 0 aliphatic carbocycles. The molecule has 0 atom stereocenters. The second-order valence-electron chi connectivity index (χ2n) is 7.24. The van der Waals surface area contributed by atoms with Crippen LogP contribution in [0.3, 0.4) is 0 Å². The van der Waals surface area contributed by atoms with E-state index in [1.165, 1.54) is 5.56 Å². The fraction of sp³-hybridized carbons (Fsp3) is 0.261. The molecule has 0 aliphatic heterocycles. The van der Waals surface area contributed by atoms with Crippen LogP contribution in [0.5, 0.6) is 11.5 Å². The van der Waals surface area contributed by atoms with E-state index in [1.54, 1.807) is 24.1 Å².